The molecule has 6 nitrogen and oxygen atoms in total. The van der Waals surface area contributed by atoms with E-state index >= 15 is 4.39 Å². The molecule has 0 aliphatic heterocycles. The van der Waals surface area contributed by atoms with Crippen molar-refractivity contribution in [1.82, 2.24) is 15.3 Å². The van der Waals surface area contributed by atoms with Gasteiger partial charge in [-0.25, -0.2) is 14.4 Å². The molecule has 3 aromatic rings. The predicted molar refractivity (Wildman–Crippen MR) is 153 cm³/mol. The van der Waals surface area contributed by atoms with Crippen LogP contribution in [0, 0.1) is 5.82 Å². The molecule has 1 aliphatic carbocycles. The first-order valence-corrected chi connectivity index (χ1v) is 16.3. The van der Waals surface area contributed by atoms with E-state index in [0.717, 1.165) is 36.9 Å². The summed E-state index contributed by atoms with van der Waals surface area (Å²) in [7, 11) is -1.87. The second kappa shape index (κ2) is 11.3. The fourth-order valence-electron chi connectivity index (χ4n) is 4.66. The first-order chi connectivity index (χ1) is 17.9. The largest absolute Gasteiger partial charge is 0.414 e. The maximum absolute atomic E-state index is 15.0. The highest BCUT2D eigenvalue weighted by Gasteiger charge is 2.40. The number of halogens is 1. The molecule has 1 amide bonds. The third kappa shape index (κ3) is 6.47. The second-order valence-corrected chi connectivity index (χ2v) is 16.5. The van der Waals surface area contributed by atoms with Crippen molar-refractivity contribution in [2.45, 2.75) is 83.2 Å². The number of benzene rings is 2. The van der Waals surface area contributed by atoms with E-state index in [2.05, 4.69) is 44.2 Å². The van der Waals surface area contributed by atoms with Crippen LogP contribution in [0.5, 0.6) is 0 Å². The van der Waals surface area contributed by atoms with Gasteiger partial charge in [-0.1, -0.05) is 63.6 Å². The lowest BCUT2D eigenvalue weighted by Gasteiger charge is -2.41. The molecular formula is C30H39FN4O2Si. The van der Waals surface area contributed by atoms with E-state index in [1.165, 1.54) is 12.1 Å². The van der Waals surface area contributed by atoms with Crippen molar-refractivity contribution in [3.05, 3.63) is 77.4 Å². The molecule has 1 heterocycles. The number of aromatic nitrogens is 2. The van der Waals surface area contributed by atoms with Gasteiger partial charge in [0, 0.05) is 24.1 Å². The number of hydrogen-bond acceptors (Lipinski definition) is 5. The van der Waals surface area contributed by atoms with Gasteiger partial charge in [0.15, 0.2) is 8.32 Å². The molecule has 202 valence electrons. The molecule has 0 saturated heterocycles. The van der Waals surface area contributed by atoms with Crippen LogP contribution in [0.4, 0.5) is 10.2 Å². The molecule has 2 aromatic carbocycles. The summed E-state index contributed by atoms with van der Waals surface area (Å²) < 4.78 is 21.8. The predicted octanol–water partition coefficient (Wildman–Crippen LogP) is 6.84. The van der Waals surface area contributed by atoms with Gasteiger partial charge in [0.1, 0.15) is 17.3 Å². The maximum atomic E-state index is 15.0. The molecular weight excluding hydrogens is 495 g/mol. The quantitative estimate of drug-likeness (QED) is 0.324. The molecule has 0 radical (unpaired) electrons. The van der Waals surface area contributed by atoms with Crippen LogP contribution < -0.4 is 11.1 Å². The van der Waals surface area contributed by atoms with Crippen molar-refractivity contribution in [2.24, 2.45) is 0 Å². The van der Waals surface area contributed by atoms with Gasteiger partial charge >= 0.3 is 0 Å². The fourth-order valence-corrected chi connectivity index (χ4v) is 6.06. The number of anilines is 1. The molecule has 8 heteroatoms. The third-order valence-electron chi connectivity index (χ3n) is 7.91. The number of carbonyl (C=O) groups is 1. The van der Waals surface area contributed by atoms with Crippen LogP contribution in [0.25, 0.3) is 11.3 Å². The Bertz CT molecular complexity index is 1280. The van der Waals surface area contributed by atoms with E-state index in [1.54, 1.807) is 12.3 Å². The van der Waals surface area contributed by atoms with Crippen LogP contribution in [-0.2, 0) is 11.0 Å². The summed E-state index contributed by atoms with van der Waals surface area (Å²) in [4.78, 5) is 21.8. The second-order valence-electron chi connectivity index (χ2n) is 11.8. The minimum Gasteiger partial charge on any atom is -0.414 e. The molecule has 0 bridgehead atoms. The van der Waals surface area contributed by atoms with Gasteiger partial charge in [-0.3, -0.25) is 4.79 Å². The molecule has 1 aliphatic rings. The Morgan fingerprint density at radius 1 is 1.16 bits per heavy atom. The molecule has 0 unspecified atom stereocenters. The summed E-state index contributed by atoms with van der Waals surface area (Å²) >= 11 is 0. The highest BCUT2D eigenvalue weighted by molar-refractivity contribution is 6.74. The fraction of sp³-hybridized carbons (Fsp3) is 0.433. The van der Waals surface area contributed by atoms with Gasteiger partial charge < -0.3 is 15.5 Å². The van der Waals surface area contributed by atoms with Gasteiger partial charge in [0.05, 0.1) is 17.5 Å². The van der Waals surface area contributed by atoms with E-state index in [-0.39, 0.29) is 28.4 Å². The lowest BCUT2D eigenvalue weighted by molar-refractivity contribution is 0.0947. The van der Waals surface area contributed by atoms with Gasteiger partial charge in [0.2, 0.25) is 0 Å². The Morgan fingerprint density at radius 3 is 2.58 bits per heavy atom. The Kier molecular flexibility index (Phi) is 8.33. The minimum absolute atomic E-state index is 0.0229. The van der Waals surface area contributed by atoms with E-state index in [0.29, 0.717) is 17.8 Å². The summed E-state index contributed by atoms with van der Waals surface area (Å²) in [6, 6.07) is 14.0. The third-order valence-corrected chi connectivity index (χ3v) is 12.4. The number of nitrogen functional groups attached to an aromatic ring is 1. The summed E-state index contributed by atoms with van der Waals surface area (Å²) in [5.41, 5.74) is 8.88. The number of carbonyl (C=O) groups excluding carboxylic acids is 1. The Morgan fingerprint density at radius 2 is 1.89 bits per heavy atom. The van der Waals surface area contributed by atoms with Gasteiger partial charge in [0.25, 0.3) is 5.91 Å². The molecule has 2 atom stereocenters. The van der Waals surface area contributed by atoms with Gasteiger partial charge in [-0.2, -0.15) is 0 Å². The molecule has 38 heavy (non-hydrogen) atoms. The van der Waals surface area contributed by atoms with E-state index in [4.69, 9.17) is 15.1 Å². The Hall–Kier alpha value is -3.10. The summed E-state index contributed by atoms with van der Waals surface area (Å²) in [6.07, 6.45) is 5.94. The summed E-state index contributed by atoms with van der Waals surface area (Å²) in [5, 5.41) is 2.92. The average Bonchev–Trinajstić information content (AvgIpc) is 2.87. The molecule has 1 saturated carbocycles. The lowest BCUT2D eigenvalue weighted by atomic mass is 9.85. The van der Waals surface area contributed by atoms with Gasteiger partial charge in [-0.05, 0) is 55.1 Å². The lowest BCUT2D eigenvalue weighted by Crippen LogP contribution is -2.44. The smallest absolute Gasteiger partial charge is 0.254 e. The zero-order valence-corrected chi connectivity index (χ0v) is 24.1. The number of nitrogens with two attached hydrogens (primary N) is 1. The van der Waals surface area contributed by atoms with Crippen molar-refractivity contribution in [1.29, 1.82) is 0 Å². The van der Waals surface area contributed by atoms with E-state index < -0.39 is 20.0 Å². The minimum atomic E-state index is -1.87. The monoisotopic (exact) mass is 534 g/mol. The van der Waals surface area contributed by atoms with Crippen LogP contribution in [0.2, 0.25) is 18.1 Å². The number of nitrogens with zero attached hydrogens (tertiary/aromatic N) is 2. The van der Waals surface area contributed by atoms with Crippen molar-refractivity contribution in [3.63, 3.8) is 0 Å². The molecule has 0 spiro atoms. The molecule has 1 fully saturated rings. The SMILES string of the molecule is CC(C)(C)[Si](C)(C)O[C@@H]1CCC[C@H](c2cnc(N)c(-c3ccc(C(=O)NCc4ccccc4)c(F)c3)n2)C1. The molecule has 1 aromatic heterocycles. The first kappa shape index (κ1) is 27.9. The van der Waals surface area contributed by atoms with Gasteiger partial charge in [-0.15, -0.1) is 0 Å². The summed E-state index contributed by atoms with van der Waals surface area (Å²) in [6.45, 7) is 11.7. The van der Waals surface area contributed by atoms with E-state index in [9.17, 15) is 4.79 Å². The topological polar surface area (TPSA) is 90.1 Å². The Balaban J connectivity index is 1.49. The molecule has 3 N–H and O–H groups in total. The summed E-state index contributed by atoms with van der Waals surface area (Å²) in [5.74, 6) is -0.654. The zero-order valence-electron chi connectivity index (χ0n) is 23.1. The number of hydrogen-bond donors (Lipinski definition) is 2. The first-order valence-electron chi connectivity index (χ1n) is 13.4. The van der Waals surface area contributed by atoms with Crippen LogP contribution in [0.15, 0.2) is 54.7 Å². The van der Waals surface area contributed by atoms with Crippen LogP contribution in [-0.4, -0.2) is 30.3 Å². The highest BCUT2D eigenvalue weighted by atomic mass is 28.4. The maximum Gasteiger partial charge on any atom is 0.254 e. The molecule has 4 rings (SSSR count). The van der Waals surface area contributed by atoms with Crippen LogP contribution >= 0.6 is 0 Å². The van der Waals surface area contributed by atoms with Crippen molar-refractivity contribution >= 4 is 20.0 Å². The van der Waals surface area contributed by atoms with Crippen LogP contribution in [0.3, 0.4) is 0 Å². The van der Waals surface area contributed by atoms with Crippen molar-refractivity contribution < 1.29 is 13.6 Å². The normalized spacial score (nSPS) is 18.3. The number of nitrogens with one attached hydrogen (secondary N) is 1. The number of rotatable bonds is 7. The average molecular weight is 535 g/mol. The van der Waals surface area contributed by atoms with Crippen LogP contribution in [0.1, 0.15) is 74.0 Å². The van der Waals surface area contributed by atoms with Crippen molar-refractivity contribution in [3.8, 4) is 11.3 Å². The Labute approximate surface area is 226 Å². The standard InChI is InChI=1S/C30H39FN4O2Si/c1-30(2,3)38(4,5)37-23-13-9-12-21(16-23)26-19-33-28(32)27(35-26)22-14-15-24(25(31)17-22)29(36)34-18-20-10-7-6-8-11-20/h6-8,10-11,14-15,17,19,21,23H,9,12-13,16,18H2,1-5H3,(H2,32,33)(H,34,36)/t21-,23+/m0/s1. The zero-order chi connectivity index (χ0) is 27.5. The number of amides is 1. The highest BCUT2D eigenvalue weighted by Crippen LogP contribution is 2.41. The van der Waals surface area contributed by atoms with Crippen molar-refractivity contribution in [2.75, 3.05) is 5.73 Å². The van der Waals surface area contributed by atoms with E-state index in [1.807, 2.05) is 30.3 Å².